The topological polar surface area (TPSA) is 64.0 Å². The fraction of sp³-hybridized carbons (Fsp3) is 0.250. The fourth-order valence-corrected chi connectivity index (χ4v) is 3.60. The number of aryl methyl sites for hydroxylation is 1. The number of amides is 1. The van der Waals surface area contributed by atoms with Gasteiger partial charge in [0.25, 0.3) is 11.5 Å². The summed E-state index contributed by atoms with van der Waals surface area (Å²) in [4.78, 5) is 29.7. The lowest BCUT2D eigenvalue weighted by Gasteiger charge is -2.15. The zero-order valence-corrected chi connectivity index (χ0v) is 15.9. The van der Waals surface area contributed by atoms with Crippen LogP contribution < -0.4 is 10.9 Å². The van der Waals surface area contributed by atoms with Crippen molar-refractivity contribution in [1.29, 1.82) is 0 Å². The molecule has 1 N–H and O–H groups in total. The quantitative estimate of drug-likeness (QED) is 0.715. The Bertz CT molecular complexity index is 1060. The van der Waals surface area contributed by atoms with Crippen molar-refractivity contribution in [2.75, 3.05) is 0 Å². The van der Waals surface area contributed by atoms with Gasteiger partial charge >= 0.3 is 0 Å². The molecule has 1 atom stereocenters. The van der Waals surface area contributed by atoms with Gasteiger partial charge < -0.3 is 5.32 Å². The summed E-state index contributed by atoms with van der Waals surface area (Å²) in [5, 5.41) is 3.56. The van der Waals surface area contributed by atoms with Crippen molar-refractivity contribution in [2.24, 2.45) is 0 Å². The van der Waals surface area contributed by atoms with Crippen LogP contribution in [-0.4, -0.2) is 15.5 Å². The van der Waals surface area contributed by atoms with E-state index in [4.69, 9.17) is 0 Å². The van der Waals surface area contributed by atoms with Crippen molar-refractivity contribution in [2.45, 2.75) is 32.4 Å². The molecule has 1 aromatic heterocycles. The predicted molar refractivity (Wildman–Crippen MR) is 104 cm³/mol. The molecule has 0 saturated carbocycles. The van der Waals surface area contributed by atoms with Gasteiger partial charge in [0.15, 0.2) is 0 Å². The smallest absolute Gasteiger partial charge is 0.261 e. The van der Waals surface area contributed by atoms with Crippen LogP contribution in [0.5, 0.6) is 0 Å². The lowest BCUT2D eigenvalue weighted by molar-refractivity contribution is 0.0940. The molecule has 0 spiro atoms. The summed E-state index contributed by atoms with van der Waals surface area (Å²) < 4.78 is 2.73. The number of halogens is 1. The van der Waals surface area contributed by atoms with Crippen molar-refractivity contribution < 1.29 is 4.79 Å². The summed E-state index contributed by atoms with van der Waals surface area (Å²) in [7, 11) is 0. The summed E-state index contributed by atoms with van der Waals surface area (Å²) in [6.45, 7) is 2.67. The van der Waals surface area contributed by atoms with Gasteiger partial charge in [0, 0.05) is 23.0 Å². The van der Waals surface area contributed by atoms with E-state index >= 15 is 0 Å². The highest BCUT2D eigenvalue weighted by Gasteiger charge is 2.18. The van der Waals surface area contributed by atoms with Gasteiger partial charge in [-0.2, -0.15) is 0 Å². The molecule has 0 fully saturated rings. The van der Waals surface area contributed by atoms with E-state index in [1.165, 1.54) is 0 Å². The molecule has 0 saturated heterocycles. The highest BCUT2D eigenvalue weighted by molar-refractivity contribution is 9.10. The van der Waals surface area contributed by atoms with E-state index in [0.29, 0.717) is 16.5 Å². The Morgan fingerprint density at radius 2 is 2.00 bits per heavy atom. The summed E-state index contributed by atoms with van der Waals surface area (Å²) >= 11 is 3.41. The van der Waals surface area contributed by atoms with Crippen molar-refractivity contribution in [1.82, 2.24) is 14.9 Å². The minimum absolute atomic E-state index is 0.0160. The van der Waals surface area contributed by atoms with Gasteiger partial charge in [-0.3, -0.25) is 14.2 Å². The molecule has 0 radical (unpaired) electrons. The molecule has 0 aliphatic carbocycles. The van der Waals surface area contributed by atoms with E-state index < -0.39 is 0 Å². The molecular formula is C20H18BrN3O2. The highest BCUT2D eigenvalue weighted by atomic mass is 79.9. The number of carbonyl (C=O) groups is 1. The van der Waals surface area contributed by atoms with E-state index in [0.717, 1.165) is 35.2 Å². The molecule has 2 heterocycles. The number of aromatic nitrogens is 2. The average molecular weight is 412 g/mol. The number of nitrogens with one attached hydrogen (secondary N) is 1. The zero-order chi connectivity index (χ0) is 18.3. The molecule has 26 heavy (non-hydrogen) atoms. The molecule has 3 aromatic rings. The first-order valence-electron chi connectivity index (χ1n) is 8.63. The second kappa shape index (κ2) is 6.68. The molecule has 0 unspecified atom stereocenters. The Kier molecular flexibility index (Phi) is 4.36. The predicted octanol–water partition coefficient (Wildman–Crippen LogP) is 3.60. The normalized spacial score (nSPS) is 14.2. The molecule has 1 aliphatic rings. The van der Waals surface area contributed by atoms with Gasteiger partial charge in [0.1, 0.15) is 5.82 Å². The summed E-state index contributed by atoms with van der Waals surface area (Å²) in [6.07, 6.45) is 1.75. The first-order valence-corrected chi connectivity index (χ1v) is 9.42. The molecule has 1 aliphatic heterocycles. The van der Waals surface area contributed by atoms with Crippen LogP contribution in [0.1, 0.15) is 41.1 Å². The summed E-state index contributed by atoms with van der Waals surface area (Å²) in [5.41, 5.74) is 2.11. The number of rotatable bonds is 3. The van der Waals surface area contributed by atoms with Crippen LogP contribution in [0.25, 0.3) is 10.9 Å². The van der Waals surface area contributed by atoms with E-state index in [-0.39, 0.29) is 17.5 Å². The van der Waals surface area contributed by atoms with Gasteiger partial charge in [-0.25, -0.2) is 4.98 Å². The number of hydrogen-bond donors (Lipinski definition) is 1. The lowest BCUT2D eigenvalue weighted by atomic mass is 10.1. The van der Waals surface area contributed by atoms with E-state index in [1.54, 1.807) is 22.8 Å². The van der Waals surface area contributed by atoms with Crippen LogP contribution in [0.4, 0.5) is 0 Å². The Morgan fingerprint density at radius 3 is 2.77 bits per heavy atom. The second-order valence-electron chi connectivity index (χ2n) is 6.57. The van der Waals surface area contributed by atoms with Crippen LogP contribution in [0.2, 0.25) is 0 Å². The molecule has 0 bridgehead atoms. The molecule has 2 aromatic carbocycles. The molecule has 6 heteroatoms. The van der Waals surface area contributed by atoms with Crippen LogP contribution >= 0.6 is 15.9 Å². The number of nitrogens with zero attached hydrogens (tertiary/aromatic N) is 2. The molecule has 132 valence electrons. The third-order valence-corrected chi connectivity index (χ3v) is 5.32. The largest absolute Gasteiger partial charge is 0.346 e. The monoisotopic (exact) mass is 411 g/mol. The SMILES string of the molecule is C[C@H](NC(=O)c1ccc2c(=O)n3c(nc2c1)CCC3)c1ccc(Br)cc1. The standard InChI is InChI=1S/C20H18BrN3O2/c1-12(13-4-7-15(21)8-5-13)22-19(25)14-6-9-16-17(11-14)23-18-3-2-10-24(18)20(16)26/h4-9,11-12H,2-3,10H2,1H3,(H,22,25)/t12-/m0/s1. The van der Waals surface area contributed by atoms with E-state index in [9.17, 15) is 9.59 Å². The first kappa shape index (κ1) is 17.0. The minimum Gasteiger partial charge on any atom is -0.346 e. The second-order valence-corrected chi connectivity index (χ2v) is 7.48. The van der Waals surface area contributed by atoms with E-state index in [1.807, 2.05) is 31.2 Å². The number of fused-ring (bicyclic) bond motifs is 2. The van der Waals surface area contributed by atoms with Crippen molar-refractivity contribution in [3.63, 3.8) is 0 Å². The molecule has 5 nitrogen and oxygen atoms in total. The highest BCUT2D eigenvalue weighted by Crippen LogP contribution is 2.19. The Hall–Kier alpha value is -2.47. The van der Waals surface area contributed by atoms with Crippen LogP contribution in [0.3, 0.4) is 0 Å². The van der Waals surface area contributed by atoms with Gasteiger partial charge in [-0.15, -0.1) is 0 Å². The third kappa shape index (κ3) is 3.05. The lowest BCUT2D eigenvalue weighted by Crippen LogP contribution is -2.27. The first-order chi connectivity index (χ1) is 12.5. The number of carbonyl (C=O) groups excluding carboxylic acids is 1. The zero-order valence-electron chi connectivity index (χ0n) is 14.3. The van der Waals surface area contributed by atoms with Gasteiger partial charge in [0.2, 0.25) is 0 Å². The maximum atomic E-state index is 12.6. The van der Waals surface area contributed by atoms with Gasteiger partial charge in [-0.05, 0) is 49.2 Å². The molecular weight excluding hydrogens is 394 g/mol. The average Bonchev–Trinajstić information content (AvgIpc) is 3.10. The Balaban J connectivity index is 1.62. The third-order valence-electron chi connectivity index (χ3n) is 4.80. The maximum absolute atomic E-state index is 12.6. The Morgan fingerprint density at radius 1 is 1.23 bits per heavy atom. The van der Waals surface area contributed by atoms with Crippen molar-refractivity contribution in [3.05, 3.63) is 74.2 Å². The minimum atomic E-state index is -0.176. The van der Waals surface area contributed by atoms with Crippen LogP contribution in [0, 0.1) is 0 Å². The molecule has 4 rings (SSSR count). The van der Waals surface area contributed by atoms with Crippen LogP contribution in [-0.2, 0) is 13.0 Å². The van der Waals surface area contributed by atoms with Crippen molar-refractivity contribution >= 4 is 32.7 Å². The number of hydrogen-bond acceptors (Lipinski definition) is 3. The molecule has 1 amide bonds. The summed E-state index contributed by atoms with van der Waals surface area (Å²) in [5.74, 6) is 0.632. The fourth-order valence-electron chi connectivity index (χ4n) is 3.34. The number of benzene rings is 2. The maximum Gasteiger partial charge on any atom is 0.261 e. The Labute approximate surface area is 159 Å². The van der Waals surface area contributed by atoms with Crippen LogP contribution in [0.15, 0.2) is 51.7 Å². The summed E-state index contributed by atoms with van der Waals surface area (Å²) in [6, 6.07) is 12.8. The van der Waals surface area contributed by atoms with Gasteiger partial charge in [-0.1, -0.05) is 28.1 Å². The van der Waals surface area contributed by atoms with Crippen molar-refractivity contribution in [3.8, 4) is 0 Å². The van der Waals surface area contributed by atoms with Gasteiger partial charge in [0.05, 0.1) is 16.9 Å². The van der Waals surface area contributed by atoms with E-state index in [2.05, 4.69) is 26.2 Å².